The number of hydrogen-bond donors (Lipinski definition) is 2. The van der Waals surface area contributed by atoms with Gasteiger partial charge in [0.2, 0.25) is 5.91 Å². The molecule has 1 fully saturated rings. The zero-order valence-electron chi connectivity index (χ0n) is 19.5. The highest BCUT2D eigenvalue weighted by molar-refractivity contribution is 6.04. The van der Waals surface area contributed by atoms with E-state index in [2.05, 4.69) is 20.6 Å². The lowest BCUT2D eigenvalue weighted by Gasteiger charge is -2.27. The van der Waals surface area contributed by atoms with Crippen molar-refractivity contribution >= 4 is 17.6 Å². The van der Waals surface area contributed by atoms with Crippen molar-refractivity contribution < 1.29 is 14.0 Å². The van der Waals surface area contributed by atoms with Gasteiger partial charge in [0.25, 0.3) is 5.91 Å². The Labute approximate surface area is 207 Å². The molecule has 8 nitrogen and oxygen atoms in total. The van der Waals surface area contributed by atoms with Crippen LogP contribution in [-0.2, 0) is 11.3 Å². The normalized spacial score (nSPS) is 13.4. The van der Waals surface area contributed by atoms with Crippen LogP contribution in [0.4, 0.5) is 10.2 Å². The summed E-state index contributed by atoms with van der Waals surface area (Å²) >= 11 is 0. The number of aromatic nitrogens is 3. The fourth-order valence-electron chi connectivity index (χ4n) is 4.21. The monoisotopic (exact) mass is 484 g/mol. The first kappa shape index (κ1) is 23.4. The van der Waals surface area contributed by atoms with Crippen molar-refractivity contribution in [1.82, 2.24) is 24.8 Å². The van der Waals surface area contributed by atoms with Crippen LogP contribution in [0, 0.1) is 5.82 Å². The van der Waals surface area contributed by atoms with Gasteiger partial charge in [-0.3, -0.25) is 9.59 Å². The van der Waals surface area contributed by atoms with Crippen LogP contribution in [0.15, 0.2) is 79.3 Å². The van der Waals surface area contributed by atoms with Gasteiger partial charge >= 0.3 is 0 Å². The van der Waals surface area contributed by atoms with E-state index < -0.39 is 0 Å². The van der Waals surface area contributed by atoms with Crippen molar-refractivity contribution in [2.45, 2.75) is 6.54 Å². The summed E-state index contributed by atoms with van der Waals surface area (Å²) < 4.78 is 15.4. The van der Waals surface area contributed by atoms with Gasteiger partial charge in [0.05, 0.1) is 17.7 Å². The molecular formula is C27H25FN6O2. The highest BCUT2D eigenvalue weighted by atomic mass is 19.1. The van der Waals surface area contributed by atoms with E-state index in [9.17, 15) is 14.0 Å². The SMILES string of the molecule is O=C(Nc1cc(-c2c(-c3ccc(F)cc3)ncn2CC(=O)N2CCNCC2)ccn1)c1ccccc1. The Morgan fingerprint density at radius 2 is 1.69 bits per heavy atom. The summed E-state index contributed by atoms with van der Waals surface area (Å²) in [4.78, 5) is 36.4. The molecule has 0 radical (unpaired) electrons. The number of anilines is 1. The van der Waals surface area contributed by atoms with Crippen LogP contribution < -0.4 is 10.6 Å². The van der Waals surface area contributed by atoms with Gasteiger partial charge in [0.1, 0.15) is 18.2 Å². The number of halogens is 1. The van der Waals surface area contributed by atoms with E-state index >= 15 is 0 Å². The van der Waals surface area contributed by atoms with Crippen LogP contribution in [-0.4, -0.2) is 57.4 Å². The number of nitrogens with one attached hydrogen (secondary N) is 2. The second kappa shape index (κ2) is 10.5. The summed E-state index contributed by atoms with van der Waals surface area (Å²) in [7, 11) is 0. The zero-order chi connectivity index (χ0) is 24.9. The minimum atomic E-state index is -0.344. The van der Waals surface area contributed by atoms with E-state index in [1.54, 1.807) is 65.6 Å². The highest BCUT2D eigenvalue weighted by Crippen LogP contribution is 2.32. The van der Waals surface area contributed by atoms with Crippen LogP contribution in [0.2, 0.25) is 0 Å². The molecular weight excluding hydrogens is 459 g/mol. The Morgan fingerprint density at radius 3 is 2.44 bits per heavy atom. The maximum absolute atomic E-state index is 13.6. The number of pyridine rings is 1. The van der Waals surface area contributed by atoms with E-state index in [1.807, 2.05) is 11.0 Å². The van der Waals surface area contributed by atoms with E-state index in [0.29, 0.717) is 41.4 Å². The van der Waals surface area contributed by atoms with Crippen molar-refractivity contribution in [2.75, 3.05) is 31.5 Å². The van der Waals surface area contributed by atoms with Gasteiger partial charge in [-0.1, -0.05) is 18.2 Å². The number of rotatable bonds is 6. The molecule has 1 saturated heterocycles. The number of piperazine rings is 1. The molecule has 0 atom stereocenters. The molecule has 0 spiro atoms. The summed E-state index contributed by atoms with van der Waals surface area (Å²) in [6.07, 6.45) is 3.22. The third-order valence-corrected chi connectivity index (χ3v) is 6.04. The Bertz CT molecular complexity index is 1360. The van der Waals surface area contributed by atoms with E-state index in [1.165, 1.54) is 12.1 Å². The zero-order valence-corrected chi connectivity index (χ0v) is 19.5. The van der Waals surface area contributed by atoms with Crippen molar-refractivity contribution in [3.8, 4) is 22.5 Å². The van der Waals surface area contributed by atoms with Gasteiger partial charge in [-0.15, -0.1) is 0 Å². The quantitative estimate of drug-likeness (QED) is 0.438. The first-order valence-corrected chi connectivity index (χ1v) is 11.7. The summed E-state index contributed by atoms with van der Waals surface area (Å²) in [5.74, 6) is -0.259. The Morgan fingerprint density at radius 1 is 0.944 bits per heavy atom. The van der Waals surface area contributed by atoms with Gasteiger partial charge in [-0.2, -0.15) is 0 Å². The first-order valence-electron chi connectivity index (χ1n) is 11.7. The number of carbonyl (C=O) groups is 2. The Balaban J connectivity index is 1.49. The lowest BCUT2D eigenvalue weighted by atomic mass is 10.1. The largest absolute Gasteiger partial charge is 0.339 e. The molecule has 4 aromatic rings. The minimum absolute atomic E-state index is 0.00698. The van der Waals surface area contributed by atoms with Crippen molar-refractivity contribution in [3.05, 3.63) is 90.6 Å². The van der Waals surface area contributed by atoms with Crippen LogP contribution in [0.1, 0.15) is 10.4 Å². The van der Waals surface area contributed by atoms with Gasteiger partial charge in [0.15, 0.2) is 0 Å². The van der Waals surface area contributed by atoms with Crippen LogP contribution >= 0.6 is 0 Å². The molecule has 0 aliphatic carbocycles. The third-order valence-electron chi connectivity index (χ3n) is 6.04. The average Bonchev–Trinajstić information content (AvgIpc) is 3.33. The lowest BCUT2D eigenvalue weighted by molar-refractivity contribution is -0.132. The third kappa shape index (κ3) is 5.16. The number of nitrogens with zero attached hydrogens (tertiary/aromatic N) is 4. The Kier molecular flexibility index (Phi) is 6.81. The van der Waals surface area contributed by atoms with Crippen molar-refractivity contribution in [2.24, 2.45) is 0 Å². The van der Waals surface area contributed by atoms with Gasteiger partial charge in [-0.05, 0) is 48.5 Å². The molecule has 182 valence electrons. The molecule has 36 heavy (non-hydrogen) atoms. The standard InChI is InChI=1S/C27H25FN6O2/c28-22-8-6-19(7-9-22)25-26(34(18-31-25)17-24(35)33-14-12-29-13-15-33)21-10-11-30-23(16-21)32-27(36)20-4-2-1-3-5-20/h1-11,16,18,29H,12-15,17H2,(H,30,32,36). The maximum atomic E-state index is 13.6. The number of benzene rings is 2. The van der Waals surface area contributed by atoms with Crippen LogP contribution in [0.3, 0.4) is 0 Å². The topological polar surface area (TPSA) is 92.2 Å². The van der Waals surface area contributed by atoms with E-state index in [-0.39, 0.29) is 24.2 Å². The first-order chi connectivity index (χ1) is 17.6. The van der Waals surface area contributed by atoms with E-state index in [0.717, 1.165) is 18.7 Å². The molecule has 2 aromatic carbocycles. The number of amides is 2. The van der Waals surface area contributed by atoms with Crippen LogP contribution in [0.5, 0.6) is 0 Å². The summed E-state index contributed by atoms with van der Waals surface area (Å²) in [5, 5.41) is 6.08. The second-order valence-electron chi connectivity index (χ2n) is 8.46. The number of carbonyl (C=O) groups excluding carboxylic acids is 2. The molecule has 3 heterocycles. The molecule has 1 aliphatic heterocycles. The molecule has 2 amide bonds. The fraction of sp³-hybridized carbons (Fsp3) is 0.185. The average molecular weight is 485 g/mol. The van der Waals surface area contributed by atoms with Gasteiger partial charge in [0, 0.05) is 49.1 Å². The second-order valence-corrected chi connectivity index (χ2v) is 8.46. The van der Waals surface area contributed by atoms with Gasteiger partial charge in [-0.25, -0.2) is 14.4 Å². The van der Waals surface area contributed by atoms with Crippen molar-refractivity contribution in [3.63, 3.8) is 0 Å². The predicted octanol–water partition coefficient (Wildman–Crippen LogP) is 3.44. The fourth-order valence-corrected chi connectivity index (χ4v) is 4.21. The molecule has 0 unspecified atom stereocenters. The predicted molar refractivity (Wildman–Crippen MR) is 135 cm³/mol. The molecule has 0 bridgehead atoms. The number of hydrogen-bond acceptors (Lipinski definition) is 5. The summed E-state index contributed by atoms with van der Waals surface area (Å²) in [5.41, 5.74) is 3.24. The summed E-state index contributed by atoms with van der Waals surface area (Å²) in [6, 6.07) is 18.5. The molecule has 5 rings (SSSR count). The number of imidazole rings is 1. The van der Waals surface area contributed by atoms with Gasteiger partial charge < -0.3 is 20.1 Å². The van der Waals surface area contributed by atoms with E-state index in [4.69, 9.17) is 0 Å². The highest BCUT2D eigenvalue weighted by Gasteiger charge is 2.21. The molecule has 0 saturated carbocycles. The molecule has 1 aliphatic rings. The molecule has 2 aromatic heterocycles. The Hall–Kier alpha value is -4.37. The van der Waals surface area contributed by atoms with Crippen molar-refractivity contribution in [1.29, 1.82) is 0 Å². The maximum Gasteiger partial charge on any atom is 0.256 e. The molecule has 2 N–H and O–H groups in total. The minimum Gasteiger partial charge on any atom is -0.339 e. The smallest absolute Gasteiger partial charge is 0.256 e. The lowest BCUT2D eigenvalue weighted by Crippen LogP contribution is -2.47. The molecule has 9 heteroatoms. The summed E-state index contributed by atoms with van der Waals surface area (Å²) in [6.45, 7) is 2.94. The van der Waals surface area contributed by atoms with Crippen LogP contribution in [0.25, 0.3) is 22.5 Å².